The molecule has 1 saturated carbocycles. The third-order valence-electron chi connectivity index (χ3n) is 21.2. The first-order chi connectivity index (χ1) is 68.8. The summed E-state index contributed by atoms with van der Waals surface area (Å²) < 4.78 is 91.1. The summed E-state index contributed by atoms with van der Waals surface area (Å²) >= 11 is 5.39. The SMILES string of the molecule is C=C(OCC)c1c(-c2ccc(OCOC)cc2)nnn1C.CCc1c(-c2ccc(OCOC)cc2)nnn1C.COC(=O)[C@H]1CCC[C@H](Oc2ccc(-c3nnn(C)c3-c3cnc(C)o3)cc2)C1.COCOc1ccc(-c2nnn(C)c2C(=O)CBr)cc1.COCOc1ccc(-c2nnn(C)c2CO)cc1.COCOc1ccc(-c2nnn(C)c2I)cc1.Cc1ncc(-c2c(-c3ccc(O)cc3)nnn2C)o1. The number of rotatable bonds is 34. The number of aromatic hydroxyl groups is 1. The van der Waals surface area contributed by atoms with Gasteiger partial charge in [-0.1, -0.05) is 65.9 Å². The van der Waals surface area contributed by atoms with E-state index in [-0.39, 0.29) is 75.4 Å². The highest BCUT2D eigenvalue weighted by atomic mass is 127. The van der Waals surface area contributed by atoms with E-state index in [9.17, 15) is 19.8 Å². The minimum Gasteiger partial charge on any atom is -0.508 e. The molecule has 7 aromatic carbocycles. The number of carbonyl (C=O) groups is 2. The van der Waals surface area contributed by atoms with Gasteiger partial charge >= 0.3 is 5.97 Å². The van der Waals surface area contributed by atoms with Crippen LogP contribution in [-0.2, 0) is 100 Å². The molecule has 42 nitrogen and oxygen atoms in total. The third-order valence-corrected chi connectivity index (χ3v) is 22.9. The van der Waals surface area contributed by atoms with Crippen molar-refractivity contribution in [3.63, 3.8) is 0 Å². The summed E-state index contributed by atoms with van der Waals surface area (Å²) in [7, 11) is 22.0. The predicted molar refractivity (Wildman–Crippen MR) is 535 cm³/mol. The van der Waals surface area contributed by atoms with E-state index in [0.29, 0.717) is 76.3 Å². The van der Waals surface area contributed by atoms with Crippen LogP contribution in [0.3, 0.4) is 0 Å². The van der Waals surface area contributed by atoms with Crippen LogP contribution in [0.15, 0.2) is 198 Å². The van der Waals surface area contributed by atoms with Crippen molar-refractivity contribution in [3.05, 3.63) is 227 Å². The Morgan fingerprint density at radius 1 is 0.430 bits per heavy atom. The number of methoxy groups -OCH3 is 6. The van der Waals surface area contributed by atoms with Crippen LogP contribution in [0.4, 0.5) is 0 Å². The summed E-state index contributed by atoms with van der Waals surface area (Å²) in [6.07, 6.45) is 7.70. The fourth-order valence-corrected chi connectivity index (χ4v) is 15.0. The Morgan fingerprint density at radius 2 is 0.761 bits per heavy atom. The van der Waals surface area contributed by atoms with Crippen molar-refractivity contribution in [1.29, 1.82) is 0 Å². The van der Waals surface area contributed by atoms with Gasteiger partial charge < -0.3 is 80.6 Å². The smallest absolute Gasteiger partial charge is 0.308 e. The first kappa shape index (κ1) is 108. The summed E-state index contributed by atoms with van der Waals surface area (Å²) in [6, 6.07) is 52.2. The van der Waals surface area contributed by atoms with E-state index in [4.69, 9.17) is 70.4 Å². The molecule has 1 fully saturated rings. The molecule has 0 saturated heterocycles. The van der Waals surface area contributed by atoms with Crippen LogP contribution in [-0.4, -0.2) is 232 Å². The van der Waals surface area contributed by atoms with Gasteiger partial charge in [0.25, 0.3) is 0 Å². The van der Waals surface area contributed by atoms with Gasteiger partial charge in [0.1, 0.15) is 112 Å². The standard InChI is InChI=1S/C21H24N4O4.C15H19N3O3.C13H14BrN3O3.C13H12N4O2.C13H17N3O2.C12H15N3O3.C11H12IN3O2/c1-13-22-12-18(28-13)20-19(23-24-25(20)2)14-7-9-16(10-8-14)29-17-6-4-5-15(11-17)21(26)27-3;1-5-20-11(2)15-14(16-17-18(15)3)12-6-8-13(9-7-12)21-10-19-4;1-17-13(11(18)7-14)12(15-16-17)9-3-5-10(6-4-9)20-8-19-2;1-8-14-7-11(19-8)13-12(15-16-17(13)2)9-3-5-10(18)6-4-9;1-4-12-13(14-15-16(12)2)10-5-7-11(8-6-10)18-9-17-3;1-15-11(7-16)12(13-14-15)9-3-5-10(6-4-9)18-8-17-2;1-15-11(12)10(13-14-15)8-3-5-9(6-4-8)17-7-16-2/h7-10,12,15,17H,4-6,11H2,1-3H3;6-9H,2,5,10H2,1,3-4H3;3-6H,7-8H2,1-2H3;3-7,18H,1-2H3;5-8H,4,9H2,1-3H3;3-6,16H,7-8H2,1-2H3;3-6H,7H2,1-2H3/t15-,17-;;;;;;/m0....../s1. The van der Waals surface area contributed by atoms with Gasteiger partial charge in [0.2, 0.25) is 0 Å². The Kier molecular flexibility index (Phi) is 41.0. The minimum absolute atomic E-state index is 0.0166. The van der Waals surface area contributed by atoms with Crippen LogP contribution in [0.2, 0.25) is 0 Å². The summed E-state index contributed by atoms with van der Waals surface area (Å²) in [5, 5.41) is 75.9. The molecule has 17 rings (SSSR count). The van der Waals surface area contributed by atoms with Gasteiger partial charge in [-0.2, -0.15) is 0 Å². The van der Waals surface area contributed by atoms with E-state index in [1.807, 2.05) is 173 Å². The first-order valence-electron chi connectivity index (χ1n) is 44.3. The van der Waals surface area contributed by atoms with Crippen molar-refractivity contribution in [3.8, 4) is 142 Å². The monoisotopic (exact) mass is 2120 g/mol. The Morgan fingerprint density at radius 3 is 1.13 bits per heavy atom. The summed E-state index contributed by atoms with van der Waals surface area (Å²) in [6.45, 7) is 13.1. The Labute approximate surface area is 841 Å². The van der Waals surface area contributed by atoms with Gasteiger partial charge in [-0.05, 0) is 231 Å². The molecule has 2 N–H and O–H groups in total. The predicted octanol–water partition coefficient (Wildman–Crippen LogP) is 15.3. The van der Waals surface area contributed by atoms with E-state index in [1.54, 1.807) is 143 Å². The summed E-state index contributed by atoms with van der Waals surface area (Å²) in [5.74, 6) is 7.37. The van der Waals surface area contributed by atoms with Crippen LogP contribution >= 0.6 is 38.5 Å². The number of ether oxygens (including phenoxy) is 13. The van der Waals surface area contributed by atoms with Gasteiger partial charge in [0.15, 0.2) is 63.0 Å². The molecular formula is C98H113BrIN23O19. The number of nitrogens with zero attached hydrogens (tertiary/aromatic N) is 23. The highest BCUT2D eigenvalue weighted by Crippen LogP contribution is 2.37. The number of Topliss-reactive ketones (excluding diaryl/α,β-unsaturated/α-hetero) is 1. The van der Waals surface area contributed by atoms with E-state index in [1.165, 1.54) is 11.8 Å². The molecule has 2 atom stereocenters. The lowest BCUT2D eigenvalue weighted by Gasteiger charge is -2.28. The van der Waals surface area contributed by atoms with E-state index < -0.39 is 0 Å². The largest absolute Gasteiger partial charge is 0.508 e. The normalized spacial score (nSPS) is 12.3. The molecule has 0 aliphatic heterocycles. The number of oxazole rings is 2. The van der Waals surface area contributed by atoms with Crippen molar-refractivity contribution in [2.24, 2.45) is 55.3 Å². The van der Waals surface area contributed by atoms with Gasteiger partial charge in [0, 0.05) is 138 Å². The maximum absolute atomic E-state index is 11.9. The number of benzene rings is 7. The van der Waals surface area contributed by atoms with Gasteiger partial charge in [0.05, 0.1) is 61.5 Å². The highest BCUT2D eigenvalue weighted by Gasteiger charge is 2.30. The molecule has 0 amide bonds. The molecule has 44 heteroatoms. The van der Waals surface area contributed by atoms with E-state index in [2.05, 4.69) is 134 Å². The number of ketones is 1. The van der Waals surface area contributed by atoms with Crippen molar-refractivity contribution in [1.82, 2.24) is 115 Å². The average Bonchev–Trinajstić information content (AvgIpc) is 1.66. The lowest BCUT2D eigenvalue weighted by Crippen LogP contribution is -2.30. The molecule has 0 unspecified atom stereocenters. The molecule has 0 spiro atoms. The second-order valence-corrected chi connectivity index (χ2v) is 32.6. The number of phenolic OH excluding ortho intramolecular Hbond substituents is 1. The van der Waals surface area contributed by atoms with Crippen LogP contribution in [0, 0.1) is 23.5 Å². The topological polar surface area (TPSA) is 462 Å². The molecule has 9 aromatic heterocycles. The number of halogens is 2. The molecular weight excluding hydrogens is 2010 g/mol. The number of phenols is 1. The number of alkyl halides is 1. The first-order valence-corrected chi connectivity index (χ1v) is 46.5. The van der Waals surface area contributed by atoms with Crippen molar-refractivity contribution in [2.45, 2.75) is 72.5 Å². The van der Waals surface area contributed by atoms with Gasteiger partial charge in [-0.15, -0.1) is 35.7 Å². The molecule has 0 radical (unpaired) electrons. The zero-order chi connectivity index (χ0) is 102. The number of hydrogen-bond donors (Lipinski definition) is 2. The quantitative estimate of drug-likeness (QED) is 0.00944. The molecule has 9 heterocycles. The molecule has 16 aromatic rings. The van der Waals surface area contributed by atoms with Crippen molar-refractivity contribution < 1.29 is 90.2 Å². The number of aryl methyl sites for hydroxylation is 9. The zero-order valence-electron chi connectivity index (χ0n) is 81.8. The number of aliphatic hydroxyl groups excluding tert-OH is 1. The second kappa shape index (κ2) is 54.1. The Hall–Kier alpha value is -14.8. The van der Waals surface area contributed by atoms with Crippen LogP contribution in [0.1, 0.15) is 78.9 Å². The number of esters is 1. The molecule has 748 valence electrons. The maximum Gasteiger partial charge on any atom is 0.308 e. The fraction of sp³-hybridized carbons (Fsp3) is 0.327. The van der Waals surface area contributed by atoms with Crippen molar-refractivity contribution in [2.75, 3.05) is 88.6 Å². The summed E-state index contributed by atoms with van der Waals surface area (Å²) in [4.78, 5) is 32.0. The van der Waals surface area contributed by atoms with E-state index in [0.717, 1.165) is 143 Å². The molecule has 1 aliphatic rings. The van der Waals surface area contributed by atoms with Crippen LogP contribution in [0.25, 0.3) is 107 Å². The molecule has 142 heavy (non-hydrogen) atoms. The molecule has 0 bridgehead atoms. The number of hydrogen-bond acceptors (Lipinski definition) is 35. The maximum atomic E-state index is 11.9. The van der Waals surface area contributed by atoms with Crippen LogP contribution < -0.4 is 28.4 Å². The zero-order valence-corrected chi connectivity index (χ0v) is 85.5. The van der Waals surface area contributed by atoms with Crippen molar-refractivity contribution >= 4 is 56.0 Å². The number of carbonyl (C=O) groups excluding carboxylic acids is 2. The van der Waals surface area contributed by atoms with Crippen LogP contribution in [0.5, 0.6) is 40.2 Å². The summed E-state index contributed by atoms with van der Waals surface area (Å²) in [5.41, 5.74) is 16.2. The number of aliphatic hydroxyl groups is 1. The lowest BCUT2D eigenvalue weighted by molar-refractivity contribution is -0.147. The fourth-order valence-electron chi connectivity index (χ4n) is 14.2. The highest BCUT2D eigenvalue weighted by molar-refractivity contribution is 14.1. The second-order valence-electron chi connectivity index (χ2n) is 31.0. The van der Waals surface area contributed by atoms with E-state index >= 15 is 0 Å². The lowest BCUT2D eigenvalue weighted by atomic mass is 9.87. The third kappa shape index (κ3) is 29.2. The average molecular weight is 2120 g/mol. The number of aromatic nitrogens is 23. The Balaban J connectivity index is 0.000000159. The Bertz CT molecular complexity index is 6520. The minimum atomic E-state index is -0.147. The van der Waals surface area contributed by atoms with Gasteiger partial charge in [-0.25, -0.2) is 38.1 Å². The molecule has 1 aliphatic carbocycles. The van der Waals surface area contributed by atoms with Gasteiger partial charge in [-0.3, -0.25) is 14.3 Å².